The van der Waals surface area contributed by atoms with E-state index in [4.69, 9.17) is 21.7 Å². The summed E-state index contributed by atoms with van der Waals surface area (Å²) >= 11 is 5.11. The second kappa shape index (κ2) is 8.69. The monoisotopic (exact) mass is 337 g/mol. The standard InChI is InChI=1S/C16H23N3O3S/c1-11-5-3-6-13(9-11)22-12(2)15(20)18-19-16(23)17-10-14-7-4-8-21-14/h3,5-6,9,12,14H,4,7-8,10H2,1-2H3,(H,18,20)(H2,17,19,23)/t12-,14-/m1/s1. The summed E-state index contributed by atoms with van der Waals surface area (Å²) in [5.74, 6) is 0.361. The first-order chi connectivity index (χ1) is 11.0. The zero-order valence-electron chi connectivity index (χ0n) is 13.4. The van der Waals surface area contributed by atoms with Crippen LogP contribution in [0.3, 0.4) is 0 Å². The van der Waals surface area contributed by atoms with Crippen molar-refractivity contribution in [3.63, 3.8) is 0 Å². The molecule has 0 saturated carbocycles. The molecule has 1 heterocycles. The van der Waals surface area contributed by atoms with Gasteiger partial charge in [-0.15, -0.1) is 0 Å². The highest BCUT2D eigenvalue weighted by Gasteiger charge is 2.17. The van der Waals surface area contributed by atoms with E-state index in [-0.39, 0.29) is 12.0 Å². The number of aryl methyl sites for hydroxylation is 1. The van der Waals surface area contributed by atoms with Gasteiger partial charge in [-0.3, -0.25) is 15.6 Å². The van der Waals surface area contributed by atoms with Crippen LogP contribution in [0.4, 0.5) is 0 Å². The third-order valence-corrected chi connectivity index (χ3v) is 3.73. The number of hydrazine groups is 1. The molecule has 1 aliphatic heterocycles. The fourth-order valence-electron chi connectivity index (χ4n) is 2.22. The second-order valence-corrected chi connectivity index (χ2v) is 5.94. The highest BCUT2D eigenvalue weighted by Crippen LogP contribution is 2.14. The molecule has 0 aliphatic carbocycles. The Morgan fingerprint density at radius 1 is 1.48 bits per heavy atom. The van der Waals surface area contributed by atoms with Gasteiger partial charge in [0.05, 0.1) is 6.10 Å². The van der Waals surface area contributed by atoms with Gasteiger partial charge >= 0.3 is 0 Å². The normalized spacial score (nSPS) is 18.1. The molecule has 7 heteroatoms. The number of rotatable bonds is 5. The fraction of sp³-hybridized carbons (Fsp3) is 0.500. The van der Waals surface area contributed by atoms with Crippen LogP contribution in [0.25, 0.3) is 0 Å². The first-order valence-corrected chi connectivity index (χ1v) is 8.14. The molecule has 1 aliphatic rings. The van der Waals surface area contributed by atoms with E-state index in [9.17, 15) is 4.79 Å². The van der Waals surface area contributed by atoms with Gasteiger partial charge in [0, 0.05) is 13.2 Å². The van der Waals surface area contributed by atoms with E-state index in [1.54, 1.807) is 6.92 Å². The number of hydrogen-bond donors (Lipinski definition) is 3. The van der Waals surface area contributed by atoms with Crippen LogP contribution in [0.1, 0.15) is 25.3 Å². The lowest BCUT2D eigenvalue weighted by Gasteiger charge is -2.17. The molecule has 1 saturated heterocycles. The molecule has 2 atom stereocenters. The molecule has 0 bridgehead atoms. The molecule has 0 unspecified atom stereocenters. The lowest BCUT2D eigenvalue weighted by Crippen LogP contribution is -2.51. The van der Waals surface area contributed by atoms with Gasteiger partial charge in [-0.2, -0.15) is 0 Å². The van der Waals surface area contributed by atoms with Crippen LogP contribution < -0.4 is 20.9 Å². The van der Waals surface area contributed by atoms with Crippen molar-refractivity contribution < 1.29 is 14.3 Å². The number of ether oxygens (including phenoxy) is 2. The van der Waals surface area contributed by atoms with Crippen LogP contribution in [0.5, 0.6) is 5.75 Å². The first kappa shape index (κ1) is 17.5. The predicted octanol–water partition coefficient (Wildman–Crippen LogP) is 1.44. The Kier molecular flexibility index (Phi) is 6.61. The topological polar surface area (TPSA) is 71.6 Å². The van der Waals surface area contributed by atoms with Crippen LogP contribution in [0.15, 0.2) is 24.3 Å². The van der Waals surface area contributed by atoms with Gasteiger partial charge in [-0.05, 0) is 56.6 Å². The van der Waals surface area contributed by atoms with E-state index in [0.29, 0.717) is 17.4 Å². The minimum atomic E-state index is -0.634. The van der Waals surface area contributed by atoms with Crippen LogP contribution in [0.2, 0.25) is 0 Å². The van der Waals surface area contributed by atoms with Crippen molar-refractivity contribution in [1.29, 1.82) is 0 Å². The molecule has 2 rings (SSSR count). The highest BCUT2D eigenvalue weighted by molar-refractivity contribution is 7.80. The maximum atomic E-state index is 12.0. The molecule has 3 N–H and O–H groups in total. The largest absolute Gasteiger partial charge is 0.481 e. The average Bonchev–Trinajstić information content (AvgIpc) is 3.04. The van der Waals surface area contributed by atoms with Gasteiger partial charge in [0.1, 0.15) is 5.75 Å². The molecule has 0 aromatic heterocycles. The zero-order valence-corrected chi connectivity index (χ0v) is 14.2. The summed E-state index contributed by atoms with van der Waals surface area (Å²) in [5, 5.41) is 3.37. The van der Waals surface area contributed by atoms with Crippen molar-refractivity contribution in [3.05, 3.63) is 29.8 Å². The predicted molar refractivity (Wildman–Crippen MR) is 92.1 cm³/mol. The Morgan fingerprint density at radius 3 is 3.00 bits per heavy atom. The summed E-state index contributed by atoms with van der Waals surface area (Å²) < 4.78 is 11.1. The van der Waals surface area contributed by atoms with Crippen LogP contribution in [0, 0.1) is 6.92 Å². The Hall–Kier alpha value is -1.86. The third-order valence-electron chi connectivity index (χ3n) is 3.49. The van der Waals surface area contributed by atoms with E-state index < -0.39 is 6.10 Å². The minimum Gasteiger partial charge on any atom is -0.481 e. The van der Waals surface area contributed by atoms with Crippen molar-refractivity contribution >= 4 is 23.2 Å². The summed E-state index contributed by atoms with van der Waals surface area (Å²) in [6, 6.07) is 7.55. The van der Waals surface area contributed by atoms with Gasteiger partial charge < -0.3 is 14.8 Å². The number of thiocarbonyl (C=S) groups is 1. The quantitative estimate of drug-likeness (QED) is 0.558. The molecule has 6 nitrogen and oxygen atoms in total. The molecule has 23 heavy (non-hydrogen) atoms. The lowest BCUT2D eigenvalue weighted by molar-refractivity contribution is -0.127. The van der Waals surface area contributed by atoms with Crippen molar-refractivity contribution in [2.45, 2.75) is 38.9 Å². The minimum absolute atomic E-state index is 0.189. The SMILES string of the molecule is Cc1cccc(O[C@H](C)C(=O)NNC(=S)NC[C@H]2CCCO2)c1. The number of hydrogen-bond acceptors (Lipinski definition) is 4. The van der Waals surface area contributed by atoms with Gasteiger partial charge in [-0.25, -0.2) is 0 Å². The fourth-order valence-corrected chi connectivity index (χ4v) is 2.36. The zero-order chi connectivity index (χ0) is 16.7. The highest BCUT2D eigenvalue weighted by atomic mass is 32.1. The summed E-state index contributed by atoms with van der Waals surface area (Å²) in [7, 11) is 0. The number of carbonyl (C=O) groups excluding carboxylic acids is 1. The maximum absolute atomic E-state index is 12.0. The Labute approximate surface area is 141 Å². The smallest absolute Gasteiger partial charge is 0.279 e. The summed E-state index contributed by atoms with van der Waals surface area (Å²) in [4.78, 5) is 12.0. The van der Waals surface area contributed by atoms with E-state index >= 15 is 0 Å². The van der Waals surface area contributed by atoms with Crippen LogP contribution >= 0.6 is 12.2 Å². The average molecular weight is 337 g/mol. The molecule has 1 fully saturated rings. The first-order valence-electron chi connectivity index (χ1n) is 7.73. The molecule has 1 aromatic carbocycles. The molecular weight excluding hydrogens is 314 g/mol. The molecular formula is C16H23N3O3S. The molecule has 126 valence electrons. The van der Waals surface area contributed by atoms with Gasteiger partial charge in [0.15, 0.2) is 11.2 Å². The van der Waals surface area contributed by atoms with Gasteiger partial charge in [0.2, 0.25) is 0 Å². The van der Waals surface area contributed by atoms with Gasteiger partial charge in [-0.1, -0.05) is 12.1 Å². The van der Waals surface area contributed by atoms with E-state index in [0.717, 1.165) is 25.0 Å². The number of nitrogens with one attached hydrogen (secondary N) is 3. The number of benzene rings is 1. The number of amides is 1. The Bertz CT molecular complexity index is 547. The summed E-state index contributed by atoms with van der Waals surface area (Å²) in [5.41, 5.74) is 6.28. The lowest BCUT2D eigenvalue weighted by atomic mass is 10.2. The number of carbonyl (C=O) groups is 1. The third kappa shape index (κ3) is 6.03. The summed E-state index contributed by atoms with van der Waals surface area (Å²) in [6.07, 6.45) is 1.67. The summed E-state index contributed by atoms with van der Waals surface area (Å²) in [6.45, 7) is 5.09. The Balaban J connectivity index is 1.67. The van der Waals surface area contributed by atoms with E-state index in [1.165, 1.54) is 0 Å². The molecule has 0 spiro atoms. The molecule has 1 amide bonds. The van der Waals surface area contributed by atoms with Crippen LogP contribution in [-0.2, 0) is 9.53 Å². The second-order valence-electron chi connectivity index (χ2n) is 5.54. The van der Waals surface area contributed by atoms with Crippen molar-refractivity contribution in [2.24, 2.45) is 0 Å². The van der Waals surface area contributed by atoms with Crippen molar-refractivity contribution in [1.82, 2.24) is 16.2 Å². The molecule has 0 radical (unpaired) electrons. The van der Waals surface area contributed by atoms with Gasteiger partial charge in [0.25, 0.3) is 5.91 Å². The molecule has 1 aromatic rings. The van der Waals surface area contributed by atoms with E-state index in [1.807, 2.05) is 31.2 Å². The maximum Gasteiger partial charge on any atom is 0.279 e. The van der Waals surface area contributed by atoms with Crippen molar-refractivity contribution in [2.75, 3.05) is 13.2 Å². The van der Waals surface area contributed by atoms with Crippen molar-refractivity contribution in [3.8, 4) is 5.75 Å². The Morgan fingerprint density at radius 2 is 2.30 bits per heavy atom. The van der Waals surface area contributed by atoms with Crippen LogP contribution in [-0.4, -0.2) is 36.4 Å². The van der Waals surface area contributed by atoms with E-state index in [2.05, 4.69) is 16.2 Å².